The van der Waals surface area contributed by atoms with E-state index < -0.39 is 6.10 Å². The van der Waals surface area contributed by atoms with Gasteiger partial charge in [0.2, 0.25) is 0 Å². The first-order valence-corrected chi connectivity index (χ1v) is 6.48. The number of fused-ring (bicyclic) bond motifs is 1. The highest BCUT2D eigenvalue weighted by Gasteiger charge is 2.45. The number of ether oxygens (including phenoxy) is 1. The maximum absolute atomic E-state index is 13.3. The maximum Gasteiger partial charge on any atom is 0.128 e. The highest BCUT2D eigenvalue weighted by atomic mass is 19.1. The highest BCUT2D eigenvalue weighted by molar-refractivity contribution is 5.39. The summed E-state index contributed by atoms with van der Waals surface area (Å²) in [4.78, 5) is 0. The number of benzene rings is 1. The van der Waals surface area contributed by atoms with Crippen LogP contribution in [0.2, 0.25) is 0 Å². The predicted octanol–water partition coefficient (Wildman–Crippen LogP) is 2.01. The van der Waals surface area contributed by atoms with Crippen LogP contribution in [0.1, 0.15) is 31.4 Å². The molecule has 4 heteroatoms. The minimum atomic E-state index is -0.560. The Morgan fingerprint density at radius 3 is 3.11 bits per heavy atom. The minimum Gasteiger partial charge on any atom is -0.486 e. The van der Waals surface area contributed by atoms with Crippen LogP contribution in [0, 0.1) is 11.7 Å². The molecule has 0 radical (unpaired) electrons. The van der Waals surface area contributed by atoms with Crippen LogP contribution in [0.15, 0.2) is 18.2 Å². The van der Waals surface area contributed by atoms with Crippen LogP contribution in [0.25, 0.3) is 0 Å². The quantitative estimate of drug-likeness (QED) is 0.741. The summed E-state index contributed by atoms with van der Waals surface area (Å²) in [7, 11) is 0. The minimum absolute atomic E-state index is 0.303. The van der Waals surface area contributed by atoms with E-state index >= 15 is 0 Å². The molecule has 3 rings (SSSR count). The standard InChI is InChI=1S/C14H18FNO2/c1-9-8-16-5-4-14(9)7-12(17)11-3-2-10(15)6-13(11)18-14/h2-3,6,9,12,16-17H,4-5,7-8H2,1H3. The molecule has 0 saturated carbocycles. The highest BCUT2D eigenvalue weighted by Crippen LogP contribution is 2.45. The zero-order valence-electron chi connectivity index (χ0n) is 10.4. The molecule has 1 saturated heterocycles. The van der Waals surface area contributed by atoms with Crippen molar-refractivity contribution in [1.29, 1.82) is 0 Å². The van der Waals surface area contributed by atoms with Gasteiger partial charge in [-0.15, -0.1) is 0 Å². The largest absolute Gasteiger partial charge is 0.486 e. The Morgan fingerprint density at radius 1 is 1.50 bits per heavy atom. The molecule has 2 aliphatic rings. The fourth-order valence-corrected chi connectivity index (χ4v) is 3.08. The molecule has 0 bridgehead atoms. The van der Waals surface area contributed by atoms with E-state index in [1.807, 2.05) is 0 Å². The number of halogens is 1. The van der Waals surface area contributed by atoms with Crippen LogP contribution in [-0.2, 0) is 0 Å². The summed E-state index contributed by atoms with van der Waals surface area (Å²) in [6, 6.07) is 4.37. The van der Waals surface area contributed by atoms with Gasteiger partial charge in [-0.1, -0.05) is 6.92 Å². The molecule has 2 N–H and O–H groups in total. The third-order valence-electron chi connectivity index (χ3n) is 4.26. The average molecular weight is 251 g/mol. The first-order valence-electron chi connectivity index (χ1n) is 6.48. The lowest BCUT2D eigenvalue weighted by Gasteiger charge is -2.47. The molecule has 3 unspecified atom stereocenters. The molecule has 3 atom stereocenters. The van der Waals surface area contributed by atoms with Gasteiger partial charge in [-0.05, 0) is 25.1 Å². The van der Waals surface area contributed by atoms with E-state index in [9.17, 15) is 9.50 Å². The van der Waals surface area contributed by atoms with Crippen LogP contribution >= 0.6 is 0 Å². The molecule has 3 nitrogen and oxygen atoms in total. The molecule has 1 aromatic rings. The van der Waals surface area contributed by atoms with E-state index in [-0.39, 0.29) is 11.4 Å². The van der Waals surface area contributed by atoms with Crippen molar-refractivity contribution < 1.29 is 14.2 Å². The van der Waals surface area contributed by atoms with E-state index in [1.54, 1.807) is 6.07 Å². The number of hydrogen-bond donors (Lipinski definition) is 2. The lowest BCUT2D eigenvalue weighted by Crippen LogP contribution is -2.55. The molecule has 1 fully saturated rings. The molecule has 2 heterocycles. The van der Waals surface area contributed by atoms with Crippen molar-refractivity contribution in [1.82, 2.24) is 5.32 Å². The first kappa shape index (κ1) is 11.9. The Kier molecular flexibility index (Phi) is 2.79. The Bertz CT molecular complexity index is 465. The van der Waals surface area contributed by atoms with Crippen molar-refractivity contribution in [2.45, 2.75) is 31.5 Å². The Morgan fingerprint density at radius 2 is 2.33 bits per heavy atom. The maximum atomic E-state index is 13.3. The molecule has 2 aliphatic heterocycles. The summed E-state index contributed by atoms with van der Waals surface area (Å²) >= 11 is 0. The van der Waals surface area contributed by atoms with Crippen molar-refractivity contribution in [3.8, 4) is 5.75 Å². The smallest absolute Gasteiger partial charge is 0.128 e. The van der Waals surface area contributed by atoms with Gasteiger partial charge in [0.25, 0.3) is 0 Å². The van der Waals surface area contributed by atoms with Crippen molar-refractivity contribution >= 4 is 0 Å². The number of aliphatic hydroxyl groups is 1. The van der Waals surface area contributed by atoms with Crippen LogP contribution in [0.5, 0.6) is 5.75 Å². The zero-order valence-corrected chi connectivity index (χ0v) is 10.4. The molecule has 1 aromatic carbocycles. The number of hydrogen-bond acceptors (Lipinski definition) is 3. The average Bonchev–Trinajstić information content (AvgIpc) is 2.32. The molecule has 98 valence electrons. The van der Waals surface area contributed by atoms with Gasteiger partial charge < -0.3 is 15.2 Å². The van der Waals surface area contributed by atoms with Crippen LogP contribution in [0.4, 0.5) is 4.39 Å². The summed E-state index contributed by atoms with van der Waals surface area (Å²) < 4.78 is 19.4. The molecule has 0 aliphatic carbocycles. The molecular weight excluding hydrogens is 233 g/mol. The van der Waals surface area contributed by atoms with Crippen LogP contribution < -0.4 is 10.1 Å². The van der Waals surface area contributed by atoms with Crippen molar-refractivity contribution in [2.75, 3.05) is 13.1 Å². The molecule has 0 aromatic heterocycles. The Hall–Kier alpha value is -1.13. The van der Waals surface area contributed by atoms with E-state index in [0.717, 1.165) is 19.5 Å². The van der Waals surface area contributed by atoms with Gasteiger partial charge in [-0.3, -0.25) is 0 Å². The van der Waals surface area contributed by atoms with Gasteiger partial charge in [0.05, 0.1) is 6.10 Å². The second kappa shape index (κ2) is 4.21. The fourth-order valence-electron chi connectivity index (χ4n) is 3.08. The zero-order chi connectivity index (χ0) is 12.8. The van der Waals surface area contributed by atoms with Gasteiger partial charge in [-0.25, -0.2) is 4.39 Å². The topological polar surface area (TPSA) is 41.5 Å². The van der Waals surface area contributed by atoms with E-state index in [4.69, 9.17) is 4.74 Å². The number of piperidine rings is 1. The van der Waals surface area contributed by atoms with E-state index in [1.165, 1.54) is 12.1 Å². The van der Waals surface area contributed by atoms with Crippen molar-refractivity contribution in [2.24, 2.45) is 5.92 Å². The van der Waals surface area contributed by atoms with Gasteiger partial charge in [0, 0.05) is 30.5 Å². The second-order valence-electron chi connectivity index (χ2n) is 5.42. The summed E-state index contributed by atoms with van der Waals surface area (Å²) in [6.07, 6.45) is 0.880. The van der Waals surface area contributed by atoms with Crippen LogP contribution in [0.3, 0.4) is 0 Å². The normalized spacial score (nSPS) is 35.1. The summed E-state index contributed by atoms with van der Waals surface area (Å²) in [5, 5.41) is 13.6. The number of aliphatic hydroxyl groups excluding tert-OH is 1. The summed E-state index contributed by atoms with van der Waals surface area (Å²) in [5.41, 5.74) is 0.346. The lowest BCUT2D eigenvalue weighted by molar-refractivity contribution is -0.0661. The summed E-state index contributed by atoms with van der Waals surface area (Å²) in [5.74, 6) is 0.486. The molecule has 18 heavy (non-hydrogen) atoms. The van der Waals surface area contributed by atoms with Gasteiger partial charge in [0.15, 0.2) is 0 Å². The fraction of sp³-hybridized carbons (Fsp3) is 0.571. The molecule has 0 amide bonds. The molecule has 1 spiro atoms. The monoisotopic (exact) mass is 251 g/mol. The molecular formula is C14H18FNO2. The number of nitrogens with one attached hydrogen (secondary N) is 1. The Balaban J connectivity index is 1.99. The third kappa shape index (κ3) is 1.80. The first-order chi connectivity index (χ1) is 8.61. The van der Waals surface area contributed by atoms with Gasteiger partial charge >= 0.3 is 0 Å². The van der Waals surface area contributed by atoms with E-state index in [0.29, 0.717) is 23.7 Å². The summed E-state index contributed by atoms with van der Waals surface area (Å²) in [6.45, 7) is 3.86. The SMILES string of the molecule is CC1CNCCC12CC(O)c1ccc(F)cc1O2. The van der Waals surface area contributed by atoms with Crippen molar-refractivity contribution in [3.05, 3.63) is 29.6 Å². The van der Waals surface area contributed by atoms with Gasteiger partial charge in [0.1, 0.15) is 17.2 Å². The number of rotatable bonds is 0. The third-order valence-corrected chi connectivity index (χ3v) is 4.26. The predicted molar refractivity (Wildman–Crippen MR) is 66.0 cm³/mol. The second-order valence-corrected chi connectivity index (χ2v) is 5.42. The van der Waals surface area contributed by atoms with Gasteiger partial charge in [-0.2, -0.15) is 0 Å². The van der Waals surface area contributed by atoms with Crippen molar-refractivity contribution in [3.63, 3.8) is 0 Å². The van der Waals surface area contributed by atoms with Crippen LogP contribution in [-0.4, -0.2) is 23.8 Å². The lowest BCUT2D eigenvalue weighted by atomic mass is 9.76. The van der Waals surface area contributed by atoms with E-state index in [2.05, 4.69) is 12.2 Å². The Labute approximate surface area is 106 Å².